The van der Waals surface area contributed by atoms with E-state index in [0.717, 1.165) is 31.9 Å². The molecule has 1 saturated heterocycles. The highest BCUT2D eigenvalue weighted by molar-refractivity contribution is 5.09. The number of hydrogen-bond donors (Lipinski definition) is 1. The third kappa shape index (κ3) is 3.57. The van der Waals surface area contributed by atoms with Gasteiger partial charge in [-0.25, -0.2) is 0 Å². The second kappa shape index (κ2) is 6.53. The monoisotopic (exact) mass is 264 g/mol. The van der Waals surface area contributed by atoms with Gasteiger partial charge in [0.1, 0.15) is 0 Å². The first kappa shape index (κ1) is 14.5. The van der Waals surface area contributed by atoms with Gasteiger partial charge in [-0.15, -0.1) is 0 Å². The van der Waals surface area contributed by atoms with Gasteiger partial charge in [0.2, 0.25) is 0 Å². The van der Waals surface area contributed by atoms with E-state index in [9.17, 15) is 0 Å². The lowest BCUT2D eigenvalue weighted by atomic mass is 10.0. The van der Waals surface area contributed by atoms with Crippen molar-refractivity contribution in [3.63, 3.8) is 0 Å². The predicted octanol–water partition coefficient (Wildman–Crippen LogP) is 2.17. The van der Waals surface area contributed by atoms with Crippen molar-refractivity contribution in [1.29, 1.82) is 0 Å². The zero-order chi connectivity index (χ0) is 13.8. The average Bonchev–Trinajstić information content (AvgIpc) is 2.73. The van der Waals surface area contributed by atoms with E-state index in [1.54, 1.807) is 0 Å². The normalized spacial score (nSPS) is 24.8. The Kier molecular flexibility index (Phi) is 4.99. The fourth-order valence-corrected chi connectivity index (χ4v) is 3.05. The predicted molar refractivity (Wildman–Crippen MR) is 79.2 cm³/mol. The summed E-state index contributed by atoms with van der Waals surface area (Å²) in [6.45, 7) is 13.1. The van der Waals surface area contributed by atoms with Crippen molar-refractivity contribution in [2.75, 3.05) is 13.1 Å². The quantitative estimate of drug-likeness (QED) is 0.885. The molecule has 1 aliphatic heterocycles. The molecule has 0 amide bonds. The molecular weight excluding hydrogens is 236 g/mol. The summed E-state index contributed by atoms with van der Waals surface area (Å²) in [6.07, 6.45) is 2.53. The van der Waals surface area contributed by atoms with Gasteiger partial charge in [-0.3, -0.25) is 9.58 Å². The van der Waals surface area contributed by atoms with Crippen molar-refractivity contribution in [2.24, 2.45) is 0 Å². The number of aromatic nitrogens is 2. The molecule has 2 rings (SSSR count). The first-order chi connectivity index (χ1) is 9.13. The van der Waals surface area contributed by atoms with Crippen LogP contribution in [0.1, 0.15) is 45.0 Å². The van der Waals surface area contributed by atoms with Crippen LogP contribution in [0.15, 0.2) is 6.07 Å². The molecule has 0 saturated carbocycles. The van der Waals surface area contributed by atoms with E-state index >= 15 is 0 Å². The van der Waals surface area contributed by atoms with Crippen LogP contribution in [0.4, 0.5) is 0 Å². The van der Waals surface area contributed by atoms with Crippen LogP contribution < -0.4 is 5.32 Å². The summed E-state index contributed by atoms with van der Waals surface area (Å²) in [4.78, 5) is 2.63. The smallest absolute Gasteiger partial charge is 0.0597 e. The second-order valence-electron chi connectivity index (χ2n) is 5.77. The molecule has 1 fully saturated rings. The lowest BCUT2D eigenvalue weighted by molar-refractivity contribution is 0.117. The highest BCUT2D eigenvalue weighted by atomic mass is 15.3. The molecule has 2 unspecified atom stereocenters. The summed E-state index contributed by atoms with van der Waals surface area (Å²) in [5.41, 5.74) is 2.49. The van der Waals surface area contributed by atoms with Crippen molar-refractivity contribution in [3.05, 3.63) is 17.5 Å². The molecule has 0 radical (unpaired) electrons. The first-order valence-electron chi connectivity index (χ1n) is 7.64. The van der Waals surface area contributed by atoms with Crippen molar-refractivity contribution in [3.8, 4) is 0 Å². The summed E-state index contributed by atoms with van der Waals surface area (Å²) < 4.78 is 2.14. The molecule has 1 aliphatic rings. The van der Waals surface area contributed by atoms with Gasteiger partial charge in [0.05, 0.1) is 11.4 Å². The van der Waals surface area contributed by atoms with E-state index in [-0.39, 0.29) is 0 Å². The fourth-order valence-electron chi connectivity index (χ4n) is 3.05. The van der Waals surface area contributed by atoms with Gasteiger partial charge in [-0.05, 0) is 33.3 Å². The Balaban J connectivity index is 2.09. The Hall–Kier alpha value is -0.870. The SMILES string of the molecule is CCCC1CNC(C)CN1Cc1cc(C)nn1CC. The van der Waals surface area contributed by atoms with Crippen molar-refractivity contribution in [2.45, 2.75) is 65.7 Å². The molecular formula is C15H28N4. The van der Waals surface area contributed by atoms with E-state index in [0.29, 0.717) is 12.1 Å². The molecule has 0 bridgehead atoms. The molecule has 4 heteroatoms. The van der Waals surface area contributed by atoms with Crippen LogP contribution in [0.2, 0.25) is 0 Å². The molecule has 4 nitrogen and oxygen atoms in total. The number of nitrogens with zero attached hydrogens (tertiary/aromatic N) is 3. The van der Waals surface area contributed by atoms with E-state index in [1.807, 2.05) is 0 Å². The maximum Gasteiger partial charge on any atom is 0.0597 e. The summed E-state index contributed by atoms with van der Waals surface area (Å²) in [7, 11) is 0. The van der Waals surface area contributed by atoms with E-state index in [1.165, 1.54) is 18.5 Å². The molecule has 0 spiro atoms. The van der Waals surface area contributed by atoms with Gasteiger partial charge in [-0.2, -0.15) is 5.10 Å². The largest absolute Gasteiger partial charge is 0.311 e. The van der Waals surface area contributed by atoms with Crippen LogP contribution in [0, 0.1) is 6.92 Å². The van der Waals surface area contributed by atoms with Crippen molar-refractivity contribution < 1.29 is 0 Å². The van der Waals surface area contributed by atoms with Gasteiger partial charge >= 0.3 is 0 Å². The first-order valence-corrected chi connectivity index (χ1v) is 7.64. The highest BCUT2D eigenvalue weighted by Gasteiger charge is 2.25. The summed E-state index contributed by atoms with van der Waals surface area (Å²) in [5, 5.41) is 8.16. The zero-order valence-corrected chi connectivity index (χ0v) is 12.8. The van der Waals surface area contributed by atoms with E-state index in [2.05, 4.69) is 53.8 Å². The van der Waals surface area contributed by atoms with Gasteiger partial charge in [0.15, 0.2) is 0 Å². The van der Waals surface area contributed by atoms with Gasteiger partial charge in [0, 0.05) is 38.3 Å². The van der Waals surface area contributed by atoms with Crippen molar-refractivity contribution in [1.82, 2.24) is 20.0 Å². The summed E-state index contributed by atoms with van der Waals surface area (Å²) in [6, 6.07) is 3.49. The Labute approximate surface area is 117 Å². The van der Waals surface area contributed by atoms with Gasteiger partial charge in [-0.1, -0.05) is 13.3 Å². The molecule has 108 valence electrons. The van der Waals surface area contributed by atoms with E-state index in [4.69, 9.17) is 0 Å². The van der Waals surface area contributed by atoms with Crippen LogP contribution >= 0.6 is 0 Å². The zero-order valence-electron chi connectivity index (χ0n) is 12.8. The number of piperazine rings is 1. The third-order valence-electron chi connectivity index (χ3n) is 4.00. The van der Waals surface area contributed by atoms with Gasteiger partial charge < -0.3 is 5.32 Å². The fraction of sp³-hybridized carbons (Fsp3) is 0.800. The van der Waals surface area contributed by atoms with Crippen LogP contribution in [0.25, 0.3) is 0 Å². The Morgan fingerprint density at radius 2 is 2.21 bits per heavy atom. The maximum absolute atomic E-state index is 4.56. The van der Waals surface area contributed by atoms with Gasteiger partial charge in [0.25, 0.3) is 0 Å². The molecule has 19 heavy (non-hydrogen) atoms. The lowest BCUT2D eigenvalue weighted by Gasteiger charge is -2.39. The third-order valence-corrected chi connectivity index (χ3v) is 4.00. The molecule has 2 atom stereocenters. The number of rotatable bonds is 5. The number of hydrogen-bond acceptors (Lipinski definition) is 3. The molecule has 1 N–H and O–H groups in total. The molecule has 2 heterocycles. The molecule has 0 aliphatic carbocycles. The maximum atomic E-state index is 4.56. The van der Waals surface area contributed by atoms with Crippen LogP contribution in [-0.4, -0.2) is 39.9 Å². The Bertz CT molecular complexity index is 399. The Morgan fingerprint density at radius 3 is 2.89 bits per heavy atom. The molecule has 0 aromatic carbocycles. The summed E-state index contributed by atoms with van der Waals surface area (Å²) >= 11 is 0. The van der Waals surface area contributed by atoms with Crippen LogP contribution in [0.5, 0.6) is 0 Å². The second-order valence-corrected chi connectivity index (χ2v) is 5.77. The minimum atomic E-state index is 0.590. The minimum Gasteiger partial charge on any atom is -0.311 e. The van der Waals surface area contributed by atoms with Crippen LogP contribution in [-0.2, 0) is 13.1 Å². The Morgan fingerprint density at radius 1 is 1.42 bits per heavy atom. The van der Waals surface area contributed by atoms with E-state index < -0.39 is 0 Å². The molecule has 1 aromatic rings. The average molecular weight is 264 g/mol. The standard InChI is InChI=1S/C15H28N4/c1-5-7-14-9-16-13(4)10-18(14)11-15-8-12(3)17-19(15)6-2/h8,13-14,16H,5-7,9-11H2,1-4H3. The number of nitrogens with one attached hydrogen (secondary N) is 1. The molecule has 1 aromatic heterocycles. The lowest BCUT2D eigenvalue weighted by Crippen LogP contribution is -2.55. The van der Waals surface area contributed by atoms with Crippen LogP contribution in [0.3, 0.4) is 0 Å². The topological polar surface area (TPSA) is 33.1 Å². The number of aryl methyl sites for hydroxylation is 2. The van der Waals surface area contributed by atoms with Crippen molar-refractivity contribution >= 4 is 0 Å². The minimum absolute atomic E-state index is 0.590. The highest BCUT2D eigenvalue weighted by Crippen LogP contribution is 2.17. The summed E-state index contributed by atoms with van der Waals surface area (Å²) in [5.74, 6) is 0.